The van der Waals surface area contributed by atoms with Gasteiger partial charge in [0.2, 0.25) is 0 Å². The van der Waals surface area contributed by atoms with E-state index >= 15 is 0 Å². The number of halogens is 1. The SMILES string of the molecule is COCCOC(=O)C1=C(C)N(C2CC2)C(=O)NC1c1ccc(Cl)c([N+](=O)[O-])c1. The molecule has 1 N–H and O–H groups in total. The monoisotopic (exact) mass is 409 g/mol. The Kier molecular flexibility index (Phi) is 5.85. The van der Waals surface area contributed by atoms with Gasteiger partial charge < -0.3 is 14.8 Å². The van der Waals surface area contributed by atoms with Crippen molar-refractivity contribution in [1.82, 2.24) is 10.2 Å². The van der Waals surface area contributed by atoms with Crippen molar-refractivity contribution in [1.29, 1.82) is 0 Å². The number of allylic oxidation sites excluding steroid dienone is 1. The van der Waals surface area contributed by atoms with Crippen molar-refractivity contribution in [3.63, 3.8) is 0 Å². The molecule has 1 aliphatic heterocycles. The number of hydrogen-bond acceptors (Lipinski definition) is 6. The Morgan fingerprint density at radius 2 is 2.11 bits per heavy atom. The highest BCUT2D eigenvalue weighted by Gasteiger charge is 2.42. The molecule has 3 rings (SSSR count). The fourth-order valence-electron chi connectivity index (χ4n) is 3.19. The van der Waals surface area contributed by atoms with E-state index in [1.807, 2.05) is 0 Å². The third-order valence-electron chi connectivity index (χ3n) is 4.68. The lowest BCUT2D eigenvalue weighted by Crippen LogP contribution is -2.49. The fraction of sp³-hybridized carbons (Fsp3) is 0.444. The summed E-state index contributed by atoms with van der Waals surface area (Å²) < 4.78 is 10.2. The number of carbonyl (C=O) groups is 2. The number of amides is 2. The van der Waals surface area contributed by atoms with Crippen LogP contribution in [0.4, 0.5) is 10.5 Å². The van der Waals surface area contributed by atoms with Gasteiger partial charge in [-0.2, -0.15) is 0 Å². The molecule has 0 saturated heterocycles. The van der Waals surface area contributed by atoms with Crippen LogP contribution in [0.15, 0.2) is 29.5 Å². The first kappa shape index (κ1) is 20.1. The summed E-state index contributed by atoms with van der Waals surface area (Å²) in [5.41, 5.74) is 0.788. The topological polar surface area (TPSA) is 111 Å². The first-order valence-electron chi connectivity index (χ1n) is 8.75. The maximum atomic E-state index is 12.8. The molecule has 28 heavy (non-hydrogen) atoms. The second-order valence-electron chi connectivity index (χ2n) is 6.58. The average Bonchev–Trinajstić information content (AvgIpc) is 3.46. The molecule has 0 radical (unpaired) electrons. The smallest absolute Gasteiger partial charge is 0.338 e. The minimum Gasteiger partial charge on any atom is -0.460 e. The van der Waals surface area contributed by atoms with Gasteiger partial charge in [-0.25, -0.2) is 9.59 Å². The summed E-state index contributed by atoms with van der Waals surface area (Å²) in [5.74, 6) is -0.609. The second kappa shape index (κ2) is 8.15. The number of nitrogens with one attached hydrogen (secondary N) is 1. The predicted octanol–water partition coefficient (Wildman–Crippen LogP) is 2.94. The summed E-state index contributed by atoms with van der Waals surface area (Å²) in [4.78, 5) is 37.6. The molecule has 9 nitrogen and oxygen atoms in total. The lowest BCUT2D eigenvalue weighted by Gasteiger charge is -2.35. The molecule has 2 amide bonds. The number of esters is 1. The van der Waals surface area contributed by atoms with Crippen molar-refractivity contribution in [3.8, 4) is 0 Å². The van der Waals surface area contributed by atoms with E-state index in [-0.39, 0.29) is 41.6 Å². The van der Waals surface area contributed by atoms with E-state index in [4.69, 9.17) is 21.1 Å². The number of hydrogen-bond donors (Lipinski definition) is 1. The number of nitrogens with zero attached hydrogens (tertiary/aromatic N) is 2. The Labute approximate surface area is 166 Å². The fourth-order valence-corrected chi connectivity index (χ4v) is 3.38. The molecule has 0 aromatic heterocycles. The molecule has 150 valence electrons. The second-order valence-corrected chi connectivity index (χ2v) is 6.99. The normalized spacial score (nSPS) is 19.5. The molecule has 1 aromatic rings. The Morgan fingerprint density at radius 1 is 1.39 bits per heavy atom. The maximum absolute atomic E-state index is 12.8. The van der Waals surface area contributed by atoms with Crippen molar-refractivity contribution >= 4 is 29.3 Å². The van der Waals surface area contributed by atoms with Gasteiger partial charge in [-0.3, -0.25) is 15.0 Å². The van der Waals surface area contributed by atoms with Gasteiger partial charge in [0.15, 0.2) is 0 Å². The minimum atomic E-state index is -0.881. The summed E-state index contributed by atoms with van der Waals surface area (Å²) in [6.45, 7) is 1.96. The Hall–Kier alpha value is -2.65. The van der Waals surface area contributed by atoms with E-state index in [0.29, 0.717) is 11.3 Å². The zero-order chi connectivity index (χ0) is 20.4. The highest BCUT2D eigenvalue weighted by Crippen LogP contribution is 2.39. The van der Waals surface area contributed by atoms with Crippen LogP contribution in [0.25, 0.3) is 0 Å². The van der Waals surface area contributed by atoms with E-state index in [9.17, 15) is 19.7 Å². The largest absolute Gasteiger partial charge is 0.460 e. The van der Waals surface area contributed by atoms with Gasteiger partial charge >= 0.3 is 12.0 Å². The van der Waals surface area contributed by atoms with Gasteiger partial charge in [-0.1, -0.05) is 17.7 Å². The minimum absolute atomic E-state index is 0.0274. The number of nitro groups is 1. The van der Waals surface area contributed by atoms with Crippen LogP contribution in [0, 0.1) is 10.1 Å². The number of carbonyl (C=O) groups excluding carboxylic acids is 2. The molecule has 1 saturated carbocycles. The number of rotatable bonds is 7. The Bertz CT molecular complexity index is 852. The lowest BCUT2D eigenvalue weighted by molar-refractivity contribution is -0.384. The first-order valence-corrected chi connectivity index (χ1v) is 9.13. The Balaban J connectivity index is 2.02. The van der Waals surface area contributed by atoms with Gasteiger partial charge in [-0.15, -0.1) is 0 Å². The highest BCUT2D eigenvalue weighted by atomic mass is 35.5. The van der Waals surface area contributed by atoms with Crippen molar-refractivity contribution < 1.29 is 24.0 Å². The van der Waals surface area contributed by atoms with E-state index < -0.39 is 16.9 Å². The van der Waals surface area contributed by atoms with Crippen LogP contribution < -0.4 is 5.32 Å². The molecular formula is C18H20ClN3O6. The van der Waals surface area contributed by atoms with Crippen molar-refractivity contribution in [3.05, 3.63) is 50.2 Å². The van der Waals surface area contributed by atoms with Gasteiger partial charge in [0, 0.05) is 24.9 Å². The van der Waals surface area contributed by atoms with Gasteiger partial charge in [0.25, 0.3) is 5.69 Å². The number of nitro benzene ring substituents is 1. The van der Waals surface area contributed by atoms with Crippen molar-refractivity contribution in [2.24, 2.45) is 0 Å². The number of ether oxygens (including phenoxy) is 2. The van der Waals surface area contributed by atoms with Crippen LogP contribution in [-0.2, 0) is 14.3 Å². The molecular weight excluding hydrogens is 390 g/mol. The van der Waals surface area contributed by atoms with E-state index in [2.05, 4.69) is 5.32 Å². The standard InChI is InChI=1S/C18H20ClN3O6/c1-10-15(17(23)28-8-7-27-2)16(20-18(24)21(10)12-4-5-12)11-3-6-13(19)14(9-11)22(25)26/h3,6,9,12,16H,4-5,7-8H2,1-2H3,(H,20,24). The summed E-state index contributed by atoms with van der Waals surface area (Å²) in [7, 11) is 1.49. The quantitative estimate of drug-likeness (QED) is 0.321. The number of urea groups is 1. The van der Waals surface area contributed by atoms with Crippen molar-refractivity contribution in [2.75, 3.05) is 20.3 Å². The molecule has 1 unspecified atom stereocenters. The maximum Gasteiger partial charge on any atom is 0.338 e. The summed E-state index contributed by atoms with van der Waals surface area (Å²) in [6.07, 6.45) is 1.71. The molecule has 1 aromatic carbocycles. The van der Waals surface area contributed by atoms with Crippen LogP contribution in [0.1, 0.15) is 31.4 Å². The third kappa shape index (κ3) is 3.95. The zero-order valence-corrected chi connectivity index (χ0v) is 16.2. The lowest BCUT2D eigenvalue weighted by atomic mass is 9.94. The predicted molar refractivity (Wildman–Crippen MR) is 99.8 cm³/mol. The third-order valence-corrected chi connectivity index (χ3v) is 5.00. The summed E-state index contributed by atoms with van der Waals surface area (Å²) >= 11 is 5.89. The average molecular weight is 410 g/mol. The van der Waals surface area contributed by atoms with Crippen molar-refractivity contribution in [2.45, 2.75) is 31.8 Å². The van der Waals surface area contributed by atoms with E-state index in [0.717, 1.165) is 12.8 Å². The van der Waals surface area contributed by atoms with Gasteiger partial charge in [0.05, 0.1) is 23.1 Å². The van der Waals surface area contributed by atoms with Crippen LogP contribution in [0.2, 0.25) is 5.02 Å². The highest BCUT2D eigenvalue weighted by molar-refractivity contribution is 6.32. The molecule has 2 aliphatic rings. The number of benzene rings is 1. The number of methoxy groups -OCH3 is 1. The zero-order valence-electron chi connectivity index (χ0n) is 15.4. The molecule has 1 fully saturated rings. The summed E-state index contributed by atoms with van der Waals surface area (Å²) in [6, 6.07) is 2.99. The molecule has 1 atom stereocenters. The van der Waals surface area contributed by atoms with Crippen LogP contribution in [0.3, 0.4) is 0 Å². The molecule has 10 heteroatoms. The molecule has 0 spiro atoms. The molecule has 0 bridgehead atoms. The molecule has 1 aliphatic carbocycles. The van der Waals surface area contributed by atoms with Crippen LogP contribution in [0.5, 0.6) is 0 Å². The van der Waals surface area contributed by atoms with E-state index in [1.165, 1.54) is 19.2 Å². The first-order chi connectivity index (χ1) is 13.3. The van der Waals surface area contributed by atoms with Crippen LogP contribution in [-0.4, -0.2) is 48.2 Å². The van der Waals surface area contributed by atoms with Crippen LogP contribution >= 0.6 is 11.6 Å². The summed E-state index contributed by atoms with van der Waals surface area (Å²) in [5, 5.41) is 14.0. The van der Waals surface area contributed by atoms with Gasteiger partial charge in [-0.05, 0) is 31.4 Å². The van der Waals surface area contributed by atoms with E-state index in [1.54, 1.807) is 17.9 Å². The Morgan fingerprint density at radius 3 is 2.71 bits per heavy atom. The molecule has 1 heterocycles. The van der Waals surface area contributed by atoms with Gasteiger partial charge in [0.1, 0.15) is 11.6 Å².